The van der Waals surface area contributed by atoms with Crippen molar-refractivity contribution in [3.8, 4) is 17.2 Å². The molecule has 26 heavy (non-hydrogen) atoms. The van der Waals surface area contributed by atoms with Gasteiger partial charge in [0.05, 0.1) is 25.8 Å². The molecule has 0 aliphatic heterocycles. The van der Waals surface area contributed by atoms with Gasteiger partial charge < -0.3 is 24.6 Å². The second kappa shape index (κ2) is 8.75. The van der Waals surface area contributed by atoms with E-state index in [9.17, 15) is 14.7 Å². The molecule has 2 aromatic carbocycles. The molecule has 0 aliphatic rings. The Morgan fingerprint density at radius 3 is 2.38 bits per heavy atom. The molecule has 1 amide bonds. The Kier molecular flexibility index (Phi) is 6.43. The van der Waals surface area contributed by atoms with E-state index < -0.39 is 18.5 Å². The number of rotatable bonds is 7. The van der Waals surface area contributed by atoms with Crippen LogP contribution in [0.25, 0.3) is 0 Å². The lowest BCUT2D eigenvalue weighted by Crippen LogP contribution is -2.31. The highest BCUT2D eigenvalue weighted by molar-refractivity contribution is 5.91. The van der Waals surface area contributed by atoms with Crippen LogP contribution in [0.3, 0.4) is 0 Å². The minimum absolute atomic E-state index is 0.0420. The molecule has 2 N–H and O–H groups in total. The molecule has 0 fully saturated rings. The van der Waals surface area contributed by atoms with Gasteiger partial charge >= 0.3 is 5.97 Å². The maximum absolute atomic E-state index is 12.1. The molecular formula is C19H21NO6. The van der Waals surface area contributed by atoms with Crippen LogP contribution in [-0.4, -0.2) is 37.8 Å². The first-order valence-corrected chi connectivity index (χ1v) is 7.92. The molecule has 0 aliphatic carbocycles. The second-order valence-corrected chi connectivity index (χ2v) is 5.52. The van der Waals surface area contributed by atoms with Gasteiger partial charge in [0.25, 0.3) is 5.91 Å². The maximum atomic E-state index is 12.1. The summed E-state index contributed by atoms with van der Waals surface area (Å²) in [6.45, 7) is 1.37. The molecule has 0 aromatic heterocycles. The van der Waals surface area contributed by atoms with Gasteiger partial charge in [0.15, 0.2) is 6.61 Å². The first-order valence-electron chi connectivity index (χ1n) is 7.92. The normalized spacial score (nSPS) is 11.3. The number of carbonyl (C=O) groups is 2. The second-order valence-electron chi connectivity index (χ2n) is 5.52. The Hall–Kier alpha value is -3.22. The van der Waals surface area contributed by atoms with Crippen molar-refractivity contribution in [2.75, 3.05) is 20.8 Å². The topological polar surface area (TPSA) is 94.1 Å². The van der Waals surface area contributed by atoms with Crippen molar-refractivity contribution in [2.45, 2.75) is 13.0 Å². The Bertz CT molecular complexity index is 772. The molecule has 0 spiro atoms. The highest BCUT2D eigenvalue weighted by Crippen LogP contribution is 2.29. The van der Waals surface area contributed by atoms with Crippen molar-refractivity contribution in [3.63, 3.8) is 0 Å². The average Bonchev–Trinajstić information content (AvgIpc) is 2.66. The van der Waals surface area contributed by atoms with E-state index in [1.165, 1.54) is 24.3 Å². The summed E-state index contributed by atoms with van der Waals surface area (Å²) >= 11 is 0. The fourth-order valence-corrected chi connectivity index (χ4v) is 2.35. The van der Waals surface area contributed by atoms with Crippen molar-refractivity contribution in [1.82, 2.24) is 5.32 Å². The van der Waals surface area contributed by atoms with E-state index in [4.69, 9.17) is 14.2 Å². The molecule has 138 valence electrons. The first-order chi connectivity index (χ1) is 12.4. The number of aromatic hydroxyl groups is 1. The average molecular weight is 359 g/mol. The number of hydrogen-bond acceptors (Lipinski definition) is 6. The van der Waals surface area contributed by atoms with Crippen LogP contribution in [0.2, 0.25) is 0 Å². The van der Waals surface area contributed by atoms with Crippen LogP contribution in [0.4, 0.5) is 0 Å². The third-order valence-corrected chi connectivity index (χ3v) is 3.72. The van der Waals surface area contributed by atoms with Crippen molar-refractivity contribution in [3.05, 3.63) is 53.6 Å². The quantitative estimate of drug-likeness (QED) is 0.738. The minimum Gasteiger partial charge on any atom is -0.508 e. The van der Waals surface area contributed by atoms with E-state index in [-0.39, 0.29) is 17.4 Å². The van der Waals surface area contributed by atoms with Crippen LogP contribution >= 0.6 is 0 Å². The number of hydrogen-bond donors (Lipinski definition) is 2. The van der Waals surface area contributed by atoms with Gasteiger partial charge in [-0.2, -0.15) is 0 Å². The summed E-state index contributed by atoms with van der Waals surface area (Å²) in [7, 11) is 3.09. The largest absolute Gasteiger partial charge is 0.508 e. The van der Waals surface area contributed by atoms with Gasteiger partial charge in [-0.15, -0.1) is 0 Å². The van der Waals surface area contributed by atoms with Gasteiger partial charge in [-0.3, -0.25) is 4.79 Å². The molecule has 7 nitrogen and oxygen atoms in total. The van der Waals surface area contributed by atoms with Gasteiger partial charge in [0, 0.05) is 5.56 Å². The molecule has 7 heteroatoms. The summed E-state index contributed by atoms with van der Waals surface area (Å²) in [4.78, 5) is 24.0. The predicted molar refractivity (Wildman–Crippen MR) is 94.5 cm³/mol. The van der Waals surface area contributed by atoms with Crippen LogP contribution in [0, 0.1) is 0 Å². The van der Waals surface area contributed by atoms with Gasteiger partial charge in [-0.1, -0.05) is 0 Å². The van der Waals surface area contributed by atoms with Gasteiger partial charge in [-0.25, -0.2) is 4.79 Å². The van der Waals surface area contributed by atoms with Crippen molar-refractivity contribution >= 4 is 11.9 Å². The maximum Gasteiger partial charge on any atom is 0.338 e. The fourth-order valence-electron chi connectivity index (χ4n) is 2.35. The summed E-state index contributed by atoms with van der Waals surface area (Å²) in [5.41, 5.74) is 0.989. The Labute approximate surface area is 151 Å². The smallest absolute Gasteiger partial charge is 0.338 e. The van der Waals surface area contributed by atoms with E-state index >= 15 is 0 Å². The van der Waals surface area contributed by atoms with E-state index in [0.717, 1.165) is 5.56 Å². The van der Waals surface area contributed by atoms with Crippen molar-refractivity contribution < 1.29 is 28.9 Å². The molecule has 0 heterocycles. The number of ether oxygens (including phenoxy) is 3. The van der Waals surface area contributed by atoms with E-state index in [0.29, 0.717) is 11.5 Å². The summed E-state index contributed by atoms with van der Waals surface area (Å²) < 4.78 is 15.5. The Morgan fingerprint density at radius 2 is 1.77 bits per heavy atom. The number of amides is 1. The molecule has 0 radical (unpaired) electrons. The molecule has 0 unspecified atom stereocenters. The predicted octanol–water partition coefficient (Wildman–Crippen LogP) is 2.44. The van der Waals surface area contributed by atoms with Crippen LogP contribution in [0.15, 0.2) is 42.5 Å². The fraction of sp³-hybridized carbons (Fsp3) is 0.263. The van der Waals surface area contributed by atoms with Crippen molar-refractivity contribution in [1.29, 1.82) is 0 Å². The minimum atomic E-state index is -0.647. The standard InChI is InChI=1S/C19H21NO6/c1-12(16-10-15(24-2)8-9-17(16)25-3)20-18(22)11-26-19(23)13-4-6-14(21)7-5-13/h4-10,12,21H,11H2,1-3H3,(H,20,22)/t12-/m1/s1. The van der Waals surface area contributed by atoms with Gasteiger partial charge in [0.1, 0.15) is 17.2 Å². The molecular weight excluding hydrogens is 338 g/mol. The molecule has 0 saturated heterocycles. The Morgan fingerprint density at radius 1 is 1.08 bits per heavy atom. The van der Waals surface area contributed by atoms with Crippen LogP contribution in [0.5, 0.6) is 17.2 Å². The monoisotopic (exact) mass is 359 g/mol. The summed E-state index contributed by atoms with van der Waals surface area (Å²) in [6, 6.07) is 10.5. The number of esters is 1. The van der Waals surface area contributed by atoms with Crippen LogP contribution in [-0.2, 0) is 9.53 Å². The third-order valence-electron chi connectivity index (χ3n) is 3.72. The molecule has 0 saturated carbocycles. The number of phenols is 1. The van der Waals surface area contributed by atoms with Crippen molar-refractivity contribution in [2.24, 2.45) is 0 Å². The van der Waals surface area contributed by atoms with Crippen LogP contribution in [0.1, 0.15) is 28.9 Å². The SMILES string of the molecule is COc1ccc(OC)c([C@@H](C)NC(=O)COC(=O)c2ccc(O)cc2)c1. The summed E-state index contributed by atoms with van der Waals surface area (Å²) in [6.07, 6.45) is 0. The van der Waals surface area contributed by atoms with E-state index in [2.05, 4.69) is 5.32 Å². The number of phenolic OH excluding ortho intramolecular Hbond substituents is 1. The lowest BCUT2D eigenvalue weighted by Gasteiger charge is -2.18. The summed E-state index contributed by atoms with van der Waals surface area (Å²) in [5.74, 6) is 0.196. The zero-order valence-electron chi connectivity index (χ0n) is 14.8. The van der Waals surface area contributed by atoms with Crippen LogP contribution < -0.4 is 14.8 Å². The molecule has 2 aromatic rings. The van der Waals surface area contributed by atoms with E-state index in [1.807, 2.05) is 0 Å². The Balaban J connectivity index is 1.95. The number of carbonyl (C=O) groups excluding carboxylic acids is 2. The number of nitrogens with one attached hydrogen (secondary N) is 1. The number of benzene rings is 2. The molecule has 2 rings (SSSR count). The lowest BCUT2D eigenvalue weighted by molar-refractivity contribution is -0.124. The zero-order valence-corrected chi connectivity index (χ0v) is 14.8. The lowest BCUT2D eigenvalue weighted by atomic mass is 10.1. The van der Waals surface area contributed by atoms with Gasteiger partial charge in [-0.05, 0) is 49.4 Å². The first kappa shape index (κ1) is 19.1. The number of methoxy groups -OCH3 is 2. The van der Waals surface area contributed by atoms with E-state index in [1.54, 1.807) is 39.3 Å². The third kappa shape index (κ3) is 4.89. The highest BCUT2D eigenvalue weighted by Gasteiger charge is 2.17. The molecule has 1 atom stereocenters. The molecule has 0 bridgehead atoms. The zero-order chi connectivity index (χ0) is 19.1. The highest BCUT2D eigenvalue weighted by atomic mass is 16.5. The summed E-state index contributed by atoms with van der Waals surface area (Å²) in [5, 5.41) is 12.0. The van der Waals surface area contributed by atoms with Gasteiger partial charge in [0.2, 0.25) is 0 Å².